The van der Waals surface area contributed by atoms with Crippen LogP contribution < -0.4 is 10.6 Å². The molecule has 1 atom stereocenters. The van der Waals surface area contributed by atoms with Crippen molar-refractivity contribution >= 4 is 11.6 Å². The Morgan fingerprint density at radius 3 is 2.95 bits per heavy atom. The Balaban J connectivity index is 2.08. The average molecular weight is 261 g/mol. The molecule has 19 heavy (non-hydrogen) atoms. The summed E-state index contributed by atoms with van der Waals surface area (Å²) in [5.41, 5.74) is 1.30. The zero-order valence-electron chi connectivity index (χ0n) is 12.0. The Bertz CT molecular complexity index is 450. The SMILES string of the molecule is Cc1ncccc1NC(=O)C(C)(C)C1CCCNC1. The minimum Gasteiger partial charge on any atom is -0.324 e. The van der Waals surface area contributed by atoms with Gasteiger partial charge in [0.1, 0.15) is 0 Å². The second-order valence-electron chi connectivity index (χ2n) is 5.86. The monoisotopic (exact) mass is 261 g/mol. The van der Waals surface area contributed by atoms with Crippen LogP contribution in [0.15, 0.2) is 18.3 Å². The van der Waals surface area contributed by atoms with Gasteiger partial charge in [0.2, 0.25) is 5.91 Å². The highest BCUT2D eigenvalue weighted by atomic mass is 16.2. The highest BCUT2D eigenvalue weighted by Gasteiger charge is 2.37. The average Bonchev–Trinajstić information content (AvgIpc) is 2.42. The highest BCUT2D eigenvalue weighted by Crippen LogP contribution is 2.33. The van der Waals surface area contributed by atoms with Gasteiger partial charge in [0.05, 0.1) is 11.4 Å². The molecule has 1 fully saturated rings. The minimum atomic E-state index is -0.365. The van der Waals surface area contributed by atoms with E-state index in [1.165, 1.54) is 0 Å². The lowest BCUT2D eigenvalue weighted by Gasteiger charge is -2.36. The van der Waals surface area contributed by atoms with Gasteiger partial charge in [-0.15, -0.1) is 0 Å². The van der Waals surface area contributed by atoms with Crippen LogP contribution >= 0.6 is 0 Å². The Kier molecular flexibility index (Phi) is 4.20. The van der Waals surface area contributed by atoms with E-state index in [1.54, 1.807) is 6.20 Å². The highest BCUT2D eigenvalue weighted by molar-refractivity contribution is 5.95. The molecule has 0 saturated carbocycles. The molecule has 4 heteroatoms. The number of nitrogens with one attached hydrogen (secondary N) is 2. The fourth-order valence-corrected chi connectivity index (χ4v) is 2.55. The van der Waals surface area contributed by atoms with Crippen LogP contribution in [0.1, 0.15) is 32.4 Å². The van der Waals surface area contributed by atoms with Crippen molar-refractivity contribution in [2.45, 2.75) is 33.6 Å². The first-order valence-corrected chi connectivity index (χ1v) is 6.95. The quantitative estimate of drug-likeness (QED) is 0.878. The molecule has 2 N–H and O–H groups in total. The lowest BCUT2D eigenvalue weighted by Crippen LogP contribution is -2.44. The van der Waals surface area contributed by atoms with Gasteiger partial charge in [-0.1, -0.05) is 13.8 Å². The Hall–Kier alpha value is -1.42. The summed E-state index contributed by atoms with van der Waals surface area (Å²) in [5, 5.41) is 6.40. The molecule has 1 saturated heterocycles. The molecule has 0 aromatic carbocycles. The number of carbonyl (C=O) groups excluding carboxylic acids is 1. The van der Waals surface area contributed by atoms with E-state index in [9.17, 15) is 4.79 Å². The Morgan fingerprint density at radius 1 is 1.53 bits per heavy atom. The number of nitrogens with zero attached hydrogens (tertiary/aromatic N) is 1. The second-order valence-corrected chi connectivity index (χ2v) is 5.86. The van der Waals surface area contributed by atoms with Crippen LogP contribution in [0.2, 0.25) is 0 Å². The summed E-state index contributed by atoms with van der Waals surface area (Å²) in [6.07, 6.45) is 3.99. The number of anilines is 1. The molecular weight excluding hydrogens is 238 g/mol. The smallest absolute Gasteiger partial charge is 0.230 e. The molecule has 1 unspecified atom stereocenters. The van der Waals surface area contributed by atoms with Gasteiger partial charge in [0.15, 0.2) is 0 Å². The first-order valence-electron chi connectivity index (χ1n) is 6.95. The normalized spacial score (nSPS) is 20.1. The molecule has 4 nitrogen and oxygen atoms in total. The number of rotatable bonds is 3. The van der Waals surface area contributed by atoms with Crippen LogP contribution in [0.4, 0.5) is 5.69 Å². The molecule has 2 rings (SSSR count). The zero-order chi connectivity index (χ0) is 13.9. The van der Waals surface area contributed by atoms with E-state index in [-0.39, 0.29) is 11.3 Å². The summed E-state index contributed by atoms with van der Waals surface area (Å²) >= 11 is 0. The molecule has 0 aliphatic carbocycles. The number of carbonyl (C=O) groups is 1. The summed E-state index contributed by atoms with van der Waals surface area (Å²) in [5.74, 6) is 0.468. The molecule has 1 amide bonds. The van der Waals surface area contributed by atoms with Crippen LogP contribution in [0.3, 0.4) is 0 Å². The van der Waals surface area contributed by atoms with Crippen LogP contribution in [-0.4, -0.2) is 24.0 Å². The van der Waals surface area contributed by atoms with Crippen molar-refractivity contribution in [3.8, 4) is 0 Å². The van der Waals surface area contributed by atoms with Gasteiger partial charge < -0.3 is 10.6 Å². The third-order valence-corrected chi connectivity index (χ3v) is 4.16. The van der Waals surface area contributed by atoms with E-state index in [2.05, 4.69) is 15.6 Å². The van der Waals surface area contributed by atoms with E-state index < -0.39 is 0 Å². The van der Waals surface area contributed by atoms with Crippen molar-refractivity contribution in [3.05, 3.63) is 24.0 Å². The van der Waals surface area contributed by atoms with E-state index >= 15 is 0 Å². The van der Waals surface area contributed by atoms with Gasteiger partial charge in [0.25, 0.3) is 0 Å². The summed E-state index contributed by atoms with van der Waals surface area (Å²) in [6, 6.07) is 3.74. The number of piperidine rings is 1. The van der Waals surface area contributed by atoms with Crippen LogP contribution in [0.25, 0.3) is 0 Å². The molecule has 0 radical (unpaired) electrons. The maximum atomic E-state index is 12.5. The molecular formula is C15H23N3O. The van der Waals surface area contributed by atoms with Crippen molar-refractivity contribution in [2.75, 3.05) is 18.4 Å². The topological polar surface area (TPSA) is 54.0 Å². The van der Waals surface area contributed by atoms with Crippen molar-refractivity contribution in [3.63, 3.8) is 0 Å². The van der Waals surface area contributed by atoms with E-state index in [4.69, 9.17) is 0 Å². The molecule has 0 spiro atoms. The van der Waals surface area contributed by atoms with Gasteiger partial charge in [-0.05, 0) is 50.9 Å². The number of pyridine rings is 1. The standard InChI is InChI=1S/C15H23N3O/c1-11-13(7-5-9-17-11)18-14(19)15(2,3)12-6-4-8-16-10-12/h5,7,9,12,16H,4,6,8,10H2,1-3H3,(H,18,19). The molecule has 0 bridgehead atoms. The minimum absolute atomic E-state index is 0.0808. The summed E-state index contributed by atoms with van der Waals surface area (Å²) in [4.78, 5) is 16.7. The lowest BCUT2D eigenvalue weighted by atomic mass is 9.74. The maximum Gasteiger partial charge on any atom is 0.230 e. The number of hydrogen-bond donors (Lipinski definition) is 2. The van der Waals surface area contributed by atoms with Crippen molar-refractivity contribution < 1.29 is 4.79 Å². The molecule has 1 aromatic heterocycles. The Labute approximate surface area is 115 Å². The van der Waals surface area contributed by atoms with Crippen molar-refractivity contribution in [2.24, 2.45) is 11.3 Å². The maximum absolute atomic E-state index is 12.5. The van der Waals surface area contributed by atoms with Crippen LogP contribution in [0.5, 0.6) is 0 Å². The van der Waals surface area contributed by atoms with Crippen LogP contribution in [0, 0.1) is 18.3 Å². The van der Waals surface area contributed by atoms with Gasteiger partial charge in [-0.2, -0.15) is 0 Å². The zero-order valence-corrected chi connectivity index (χ0v) is 12.0. The second kappa shape index (κ2) is 5.70. The van der Waals surface area contributed by atoms with Gasteiger partial charge in [-0.25, -0.2) is 0 Å². The van der Waals surface area contributed by atoms with Crippen molar-refractivity contribution in [1.82, 2.24) is 10.3 Å². The number of hydrogen-bond acceptors (Lipinski definition) is 3. The first kappa shape index (κ1) is 14.0. The molecule has 104 valence electrons. The van der Waals surface area contributed by atoms with Gasteiger partial charge in [-0.3, -0.25) is 9.78 Å². The number of aromatic nitrogens is 1. The lowest BCUT2D eigenvalue weighted by molar-refractivity contribution is -0.127. The van der Waals surface area contributed by atoms with Gasteiger partial charge in [0, 0.05) is 11.6 Å². The summed E-state index contributed by atoms with van der Waals surface area (Å²) in [6.45, 7) is 7.96. The summed E-state index contributed by atoms with van der Waals surface area (Å²) < 4.78 is 0. The third kappa shape index (κ3) is 3.13. The van der Waals surface area contributed by atoms with E-state index in [1.807, 2.05) is 32.9 Å². The number of amides is 1. The molecule has 1 aliphatic rings. The van der Waals surface area contributed by atoms with E-state index in [0.717, 1.165) is 37.3 Å². The van der Waals surface area contributed by atoms with E-state index in [0.29, 0.717) is 5.92 Å². The molecule has 2 heterocycles. The third-order valence-electron chi connectivity index (χ3n) is 4.16. The van der Waals surface area contributed by atoms with Crippen molar-refractivity contribution in [1.29, 1.82) is 0 Å². The van der Waals surface area contributed by atoms with Gasteiger partial charge >= 0.3 is 0 Å². The predicted molar refractivity (Wildman–Crippen MR) is 77.0 cm³/mol. The predicted octanol–water partition coefficient (Wildman–Crippen LogP) is 2.35. The summed E-state index contributed by atoms with van der Waals surface area (Å²) in [7, 11) is 0. The Morgan fingerprint density at radius 2 is 2.32 bits per heavy atom. The molecule has 1 aromatic rings. The fourth-order valence-electron chi connectivity index (χ4n) is 2.55. The van der Waals surface area contributed by atoms with Crippen LogP contribution in [-0.2, 0) is 4.79 Å². The number of aryl methyl sites for hydroxylation is 1. The largest absolute Gasteiger partial charge is 0.324 e. The fraction of sp³-hybridized carbons (Fsp3) is 0.600. The first-order chi connectivity index (χ1) is 9.01. The molecule has 1 aliphatic heterocycles.